The Morgan fingerprint density at radius 3 is 2.19 bits per heavy atom. The van der Waals surface area contributed by atoms with Gasteiger partial charge in [0.25, 0.3) is 0 Å². The first-order valence-corrected chi connectivity index (χ1v) is 12.4. The van der Waals surface area contributed by atoms with E-state index in [9.17, 15) is 14.7 Å². The maximum atomic E-state index is 12.7. The van der Waals surface area contributed by atoms with E-state index in [1.807, 2.05) is 75.4 Å². The Labute approximate surface area is 215 Å². The van der Waals surface area contributed by atoms with Gasteiger partial charge in [-0.2, -0.15) is 0 Å². The molecule has 0 bridgehead atoms. The molecule has 5 rings (SSSR count). The maximum Gasteiger partial charge on any atom is 0.410 e. The fourth-order valence-electron chi connectivity index (χ4n) is 4.52. The number of anilines is 1. The minimum Gasteiger partial charge on any atom is -0.507 e. The molecule has 1 aliphatic rings. The number of phenolic OH excluding ortho intramolecular Hbond substituents is 1. The summed E-state index contributed by atoms with van der Waals surface area (Å²) in [6.07, 6.45) is -0.277. The van der Waals surface area contributed by atoms with Crippen molar-refractivity contribution >= 4 is 22.7 Å². The fraction of sp³-hybridized carbons (Fsp3) is 0.267. The Morgan fingerprint density at radius 2 is 1.54 bits per heavy atom. The summed E-state index contributed by atoms with van der Waals surface area (Å²) < 4.78 is 11.5. The molecule has 1 amide bonds. The summed E-state index contributed by atoms with van der Waals surface area (Å²) in [6.45, 7) is 8.22. The predicted molar refractivity (Wildman–Crippen MR) is 145 cm³/mol. The smallest absolute Gasteiger partial charge is 0.410 e. The molecule has 0 aliphatic carbocycles. The third-order valence-electron chi connectivity index (χ3n) is 6.37. The van der Waals surface area contributed by atoms with E-state index in [-0.39, 0.29) is 22.7 Å². The number of nitrogens with zero attached hydrogens (tertiary/aromatic N) is 2. The number of amides is 1. The molecule has 0 atom stereocenters. The van der Waals surface area contributed by atoms with Crippen LogP contribution in [-0.2, 0) is 4.74 Å². The zero-order chi connectivity index (χ0) is 26.2. The van der Waals surface area contributed by atoms with Crippen LogP contribution in [0, 0.1) is 0 Å². The van der Waals surface area contributed by atoms with Crippen LogP contribution in [0.2, 0.25) is 0 Å². The third-order valence-corrected chi connectivity index (χ3v) is 6.37. The van der Waals surface area contributed by atoms with Crippen LogP contribution in [0.3, 0.4) is 0 Å². The second-order valence-corrected chi connectivity index (χ2v) is 10.2. The van der Waals surface area contributed by atoms with Crippen molar-refractivity contribution in [1.82, 2.24) is 4.90 Å². The fourth-order valence-corrected chi connectivity index (χ4v) is 4.52. The highest BCUT2D eigenvalue weighted by atomic mass is 16.6. The van der Waals surface area contributed by atoms with Crippen LogP contribution in [0.25, 0.3) is 33.4 Å². The lowest BCUT2D eigenvalue weighted by atomic mass is 10.0. The van der Waals surface area contributed by atoms with E-state index in [2.05, 4.69) is 4.90 Å². The van der Waals surface area contributed by atoms with E-state index >= 15 is 0 Å². The number of piperazine rings is 1. The number of hydrogen-bond donors (Lipinski definition) is 1. The first-order valence-electron chi connectivity index (χ1n) is 12.4. The topological polar surface area (TPSA) is 83.2 Å². The summed E-state index contributed by atoms with van der Waals surface area (Å²) in [5.74, 6) is 0.346. The Balaban J connectivity index is 1.35. The Hall–Kier alpha value is -4.26. The number of hydrogen-bond acceptors (Lipinski definition) is 6. The van der Waals surface area contributed by atoms with Gasteiger partial charge in [0, 0.05) is 43.5 Å². The first kappa shape index (κ1) is 24.4. The molecule has 0 saturated carbocycles. The van der Waals surface area contributed by atoms with E-state index < -0.39 is 5.60 Å². The third kappa shape index (κ3) is 5.31. The average molecular weight is 499 g/mol. The van der Waals surface area contributed by atoms with Crippen molar-refractivity contribution in [3.63, 3.8) is 0 Å². The number of aromatic hydroxyl groups is 1. The molecule has 0 unspecified atom stereocenters. The van der Waals surface area contributed by atoms with E-state index in [0.717, 1.165) is 22.4 Å². The van der Waals surface area contributed by atoms with Crippen LogP contribution in [0.4, 0.5) is 10.5 Å². The number of ether oxygens (including phenoxy) is 1. The van der Waals surface area contributed by atoms with Gasteiger partial charge in [0.1, 0.15) is 28.1 Å². The minimum atomic E-state index is -0.507. The second-order valence-electron chi connectivity index (χ2n) is 10.2. The van der Waals surface area contributed by atoms with Crippen molar-refractivity contribution in [2.75, 3.05) is 31.1 Å². The second kappa shape index (κ2) is 9.65. The number of rotatable bonds is 3. The van der Waals surface area contributed by atoms with E-state index in [0.29, 0.717) is 37.5 Å². The Kier molecular flexibility index (Phi) is 6.38. The lowest BCUT2D eigenvalue weighted by molar-refractivity contribution is 0.0240. The van der Waals surface area contributed by atoms with Gasteiger partial charge in [-0.05, 0) is 56.2 Å². The van der Waals surface area contributed by atoms with Crippen LogP contribution in [-0.4, -0.2) is 47.9 Å². The summed E-state index contributed by atoms with van der Waals surface area (Å²) >= 11 is 0. The zero-order valence-electron chi connectivity index (χ0n) is 21.2. The van der Waals surface area contributed by atoms with Gasteiger partial charge in [-0.3, -0.25) is 4.79 Å². The maximum absolute atomic E-state index is 12.7. The van der Waals surface area contributed by atoms with Gasteiger partial charge < -0.3 is 24.1 Å². The van der Waals surface area contributed by atoms with Gasteiger partial charge in [0.15, 0.2) is 5.43 Å². The van der Waals surface area contributed by atoms with Crippen LogP contribution in [0.15, 0.2) is 82.0 Å². The van der Waals surface area contributed by atoms with Crippen LogP contribution < -0.4 is 10.3 Å². The number of carbonyl (C=O) groups excluding carboxylic acids is 1. The summed E-state index contributed by atoms with van der Waals surface area (Å²) in [5, 5.41) is 10.8. The van der Waals surface area contributed by atoms with E-state index in [1.165, 1.54) is 6.07 Å². The zero-order valence-corrected chi connectivity index (χ0v) is 21.2. The van der Waals surface area contributed by atoms with Crippen molar-refractivity contribution in [3.05, 3.63) is 83.0 Å². The number of phenols is 1. The average Bonchev–Trinajstić information content (AvgIpc) is 2.88. The highest BCUT2D eigenvalue weighted by molar-refractivity contribution is 5.89. The number of fused-ring (bicyclic) bond motifs is 1. The standard InChI is InChI=1S/C30H30N2O5/c1-30(2,3)37-29(35)32-15-13-31(14-16-32)23-11-9-20(10-12-23)22-17-24(33)28-25(34)19-26(36-27(28)18-22)21-7-5-4-6-8-21/h4-12,17-19,33H,13-16H2,1-3H3. The van der Waals surface area contributed by atoms with Gasteiger partial charge in [-0.1, -0.05) is 42.5 Å². The van der Waals surface area contributed by atoms with Crippen molar-refractivity contribution < 1.29 is 19.1 Å². The van der Waals surface area contributed by atoms with Crippen LogP contribution in [0.5, 0.6) is 5.75 Å². The molecule has 1 N–H and O–H groups in total. The minimum absolute atomic E-state index is 0.108. The molecule has 3 aromatic carbocycles. The van der Waals surface area contributed by atoms with Crippen molar-refractivity contribution in [2.45, 2.75) is 26.4 Å². The quantitative estimate of drug-likeness (QED) is 0.379. The van der Waals surface area contributed by atoms with Crippen molar-refractivity contribution in [2.24, 2.45) is 0 Å². The molecule has 2 heterocycles. The number of carbonyl (C=O) groups is 1. The van der Waals surface area contributed by atoms with Crippen LogP contribution >= 0.6 is 0 Å². The molecular formula is C30H30N2O5. The first-order chi connectivity index (χ1) is 17.7. The van der Waals surface area contributed by atoms with Crippen LogP contribution in [0.1, 0.15) is 20.8 Å². The SMILES string of the molecule is CC(C)(C)OC(=O)N1CCN(c2ccc(-c3cc(O)c4c(=O)cc(-c5ccccc5)oc4c3)cc2)CC1. The monoisotopic (exact) mass is 498 g/mol. The summed E-state index contributed by atoms with van der Waals surface area (Å²) in [4.78, 5) is 29.0. The van der Waals surface area contributed by atoms with E-state index in [1.54, 1.807) is 17.0 Å². The lowest BCUT2D eigenvalue weighted by Crippen LogP contribution is -2.50. The Bertz CT molecular complexity index is 1480. The van der Waals surface area contributed by atoms with Gasteiger partial charge in [0.05, 0.1) is 0 Å². The molecule has 1 fully saturated rings. The normalized spacial score (nSPS) is 14.1. The molecule has 0 radical (unpaired) electrons. The summed E-state index contributed by atoms with van der Waals surface area (Å²) in [5.41, 5.74) is 3.03. The molecular weight excluding hydrogens is 468 g/mol. The van der Waals surface area contributed by atoms with Crippen molar-refractivity contribution in [1.29, 1.82) is 0 Å². The molecule has 1 aromatic heterocycles. The largest absolute Gasteiger partial charge is 0.507 e. The highest BCUT2D eigenvalue weighted by Gasteiger charge is 2.26. The molecule has 1 aliphatic heterocycles. The summed E-state index contributed by atoms with van der Waals surface area (Å²) in [7, 11) is 0. The van der Waals surface area contributed by atoms with Gasteiger partial charge in [-0.25, -0.2) is 4.79 Å². The Morgan fingerprint density at radius 1 is 0.865 bits per heavy atom. The van der Waals surface area contributed by atoms with Gasteiger partial charge in [-0.15, -0.1) is 0 Å². The lowest BCUT2D eigenvalue weighted by Gasteiger charge is -2.36. The molecule has 1 saturated heterocycles. The van der Waals surface area contributed by atoms with E-state index in [4.69, 9.17) is 9.15 Å². The summed E-state index contributed by atoms with van der Waals surface area (Å²) in [6, 6.07) is 22.2. The molecule has 7 heteroatoms. The highest BCUT2D eigenvalue weighted by Crippen LogP contribution is 2.33. The van der Waals surface area contributed by atoms with Gasteiger partial charge >= 0.3 is 6.09 Å². The number of benzene rings is 3. The molecule has 37 heavy (non-hydrogen) atoms. The predicted octanol–water partition coefficient (Wildman–Crippen LogP) is 5.89. The molecule has 4 aromatic rings. The molecule has 190 valence electrons. The molecule has 0 spiro atoms. The van der Waals surface area contributed by atoms with Gasteiger partial charge in [0.2, 0.25) is 0 Å². The van der Waals surface area contributed by atoms with Crippen molar-refractivity contribution in [3.8, 4) is 28.2 Å². The molecule has 7 nitrogen and oxygen atoms in total.